The summed E-state index contributed by atoms with van der Waals surface area (Å²) < 4.78 is 0. The molecule has 0 unspecified atom stereocenters. The van der Waals surface area contributed by atoms with Gasteiger partial charge in [0.05, 0.1) is 6.54 Å². The molecular formula is C12H24N4S. The molecule has 0 aliphatic carbocycles. The molecule has 0 aliphatic rings. The van der Waals surface area contributed by atoms with Crippen molar-refractivity contribution in [1.29, 1.82) is 0 Å². The fourth-order valence-corrected chi connectivity index (χ4v) is 2.38. The fourth-order valence-electron chi connectivity index (χ4n) is 1.64. The van der Waals surface area contributed by atoms with Crippen LogP contribution in [-0.2, 0) is 6.54 Å². The third kappa shape index (κ3) is 5.46. The predicted octanol–water partition coefficient (Wildman–Crippen LogP) is 2.98. The lowest BCUT2D eigenvalue weighted by Crippen LogP contribution is -2.25. The molecule has 98 valence electrons. The number of nitrogens with one attached hydrogen (secondary N) is 1. The van der Waals surface area contributed by atoms with Crippen LogP contribution in [0.4, 0.5) is 5.13 Å². The van der Waals surface area contributed by atoms with E-state index in [1.807, 2.05) is 7.05 Å². The van der Waals surface area contributed by atoms with E-state index in [2.05, 4.69) is 34.3 Å². The molecule has 1 rings (SSSR count). The maximum absolute atomic E-state index is 4.21. The van der Waals surface area contributed by atoms with E-state index in [1.54, 1.807) is 11.3 Å². The van der Waals surface area contributed by atoms with Crippen molar-refractivity contribution in [1.82, 2.24) is 15.1 Å². The highest BCUT2D eigenvalue weighted by molar-refractivity contribution is 7.15. The van der Waals surface area contributed by atoms with Crippen molar-refractivity contribution in [3.63, 3.8) is 0 Å². The average Bonchev–Trinajstić information content (AvgIpc) is 2.80. The smallest absolute Gasteiger partial charge is 0.205 e. The summed E-state index contributed by atoms with van der Waals surface area (Å²) in [6, 6.07) is 0. The first kappa shape index (κ1) is 14.4. The van der Waals surface area contributed by atoms with E-state index in [-0.39, 0.29) is 0 Å². The van der Waals surface area contributed by atoms with Crippen LogP contribution in [0, 0.1) is 0 Å². The second kappa shape index (κ2) is 8.42. The molecule has 0 radical (unpaired) electrons. The Hall–Kier alpha value is -0.680. The zero-order valence-corrected chi connectivity index (χ0v) is 12.0. The van der Waals surface area contributed by atoms with Crippen LogP contribution in [0.25, 0.3) is 0 Å². The molecule has 0 amide bonds. The monoisotopic (exact) mass is 256 g/mol. The number of aromatic nitrogens is 2. The summed E-state index contributed by atoms with van der Waals surface area (Å²) in [6.07, 6.45) is 5.03. The lowest BCUT2D eigenvalue weighted by Gasteiger charge is -2.20. The lowest BCUT2D eigenvalue weighted by atomic mass is 10.2. The third-order valence-electron chi connectivity index (χ3n) is 2.70. The first-order valence-corrected chi connectivity index (χ1v) is 7.34. The molecule has 4 nitrogen and oxygen atoms in total. The van der Waals surface area contributed by atoms with Crippen LogP contribution < -0.4 is 5.32 Å². The van der Waals surface area contributed by atoms with Gasteiger partial charge in [-0.3, -0.25) is 4.90 Å². The van der Waals surface area contributed by atoms with Crippen LogP contribution in [-0.4, -0.2) is 35.2 Å². The number of hydrogen-bond acceptors (Lipinski definition) is 5. The van der Waals surface area contributed by atoms with Crippen molar-refractivity contribution in [2.24, 2.45) is 0 Å². The van der Waals surface area contributed by atoms with E-state index in [0.29, 0.717) is 0 Å². The van der Waals surface area contributed by atoms with Crippen LogP contribution in [0.2, 0.25) is 0 Å². The van der Waals surface area contributed by atoms with Crippen molar-refractivity contribution >= 4 is 16.5 Å². The summed E-state index contributed by atoms with van der Waals surface area (Å²) in [7, 11) is 1.89. The molecule has 0 aromatic carbocycles. The van der Waals surface area contributed by atoms with E-state index >= 15 is 0 Å². The molecule has 1 heterocycles. The van der Waals surface area contributed by atoms with Crippen LogP contribution in [0.5, 0.6) is 0 Å². The topological polar surface area (TPSA) is 41.1 Å². The Morgan fingerprint density at radius 2 is 1.76 bits per heavy atom. The van der Waals surface area contributed by atoms with Gasteiger partial charge in [0.1, 0.15) is 5.01 Å². The normalized spacial score (nSPS) is 11.1. The molecule has 0 saturated heterocycles. The van der Waals surface area contributed by atoms with Crippen LogP contribution in [0.15, 0.2) is 0 Å². The second-order valence-corrected chi connectivity index (χ2v) is 5.30. The molecule has 0 atom stereocenters. The number of unbranched alkanes of at least 4 members (excludes halogenated alkanes) is 2. The van der Waals surface area contributed by atoms with E-state index in [4.69, 9.17) is 0 Å². The van der Waals surface area contributed by atoms with Crippen molar-refractivity contribution in [2.45, 2.75) is 46.1 Å². The molecule has 1 N–H and O–H groups in total. The molecule has 0 fully saturated rings. The maximum atomic E-state index is 4.21. The maximum Gasteiger partial charge on any atom is 0.205 e. The summed E-state index contributed by atoms with van der Waals surface area (Å²) >= 11 is 1.65. The zero-order chi connectivity index (χ0) is 12.5. The SMILES string of the molecule is CCCCN(CCCC)Cc1nnc(NC)s1. The second-order valence-electron chi connectivity index (χ2n) is 4.23. The van der Waals surface area contributed by atoms with Gasteiger partial charge < -0.3 is 5.32 Å². The van der Waals surface area contributed by atoms with Crippen LogP contribution in [0.1, 0.15) is 44.5 Å². The molecule has 5 heteroatoms. The van der Waals surface area contributed by atoms with E-state index in [0.717, 1.165) is 16.7 Å². The molecule has 0 spiro atoms. The minimum absolute atomic E-state index is 0.908. The first-order valence-electron chi connectivity index (χ1n) is 6.52. The van der Waals surface area contributed by atoms with Gasteiger partial charge in [0.25, 0.3) is 0 Å². The largest absolute Gasteiger partial charge is 0.363 e. The third-order valence-corrected chi connectivity index (χ3v) is 3.62. The molecule has 1 aromatic rings. The Labute approximate surface area is 108 Å². The van der Waals surface area contributed by atoms with Gasteiger partial charge in [0.15, 0.2) is 0 Å². The summed E-state index contributed by atoms with van der Waals surface area (Å²) in [5.41, 5.74) is 0. The summed E-state index contributed by atoms with van der Waals surface area (Å²) in [5, 5.41) is 13.3. The van der Waals surface area contributed by atoms with Gasteiger partial charge in [-0.05, 0) is 25.9 Å². The van der Waals surface area contributed by atoms with Crippen molar-refractivity contribution < 1.29 is 0 Å². The highest BCUT2D eigenvalue weighted by Crippen LogP contribution is 2.16. The molecule has 0 aliphatic heterocycles. The molecule has 0 bridgehead atoms. The average molecular weight is 256 g/mol. The lowest BCUT2D eigenvalue weighted by molar-refractivity contribution is 0.256. The zero-order valence-electron chi connectivity index (χ0n) is 11.2. The first-order chi connectivity index (χ1) is 8.30. The highest BCUT2D eigenvalue weighted by atomic mass is 32.1. The number of anilines is 1. The predicted molar refractivity (Wildman–Crippen MR) is 74.5 cm³/mol. The Bertz CT molecular complexity index is 292. The van der Waals surface area contributed by atoms with E-state index in [9.17, 15) is 0 Å². The number of nitrogens with zero attached hydrogens (tertiary/aromatic N) is 3. The molecule has 17 heavy (non-hydrogen) atoms. The van der Waals surface area contributed by atoms with Crippen LogP contribution in [0.3, 0.4) is 0 Å². The Balaban J connectivity index is 2.45. The Morgan fingerprint density at radius 3 is 2.24 bits per heavy atom. The van der Waals surface area contributed by atoms with Crippen molar-refractivity contribution in [3.05, 3.63) is 5.01 Å². The summed E-state index contributed by atoms with van der Waals surface area (Å²) in [4.78, 5) is 2.49. The van der Waals surface area contributed by atoms with Crippen molar-refractivity contribution in [3.8, 4) is 0 Å². The van der Waals surface area contributed by atoms with Crippen LogP contribution >= 0.6 is 11.3 Å². The minimum Gasteiger partial charge on any atom is -0.363 e. The van der Waals surface area contributed by atoms with Gasteiger partial charge in [-0.25, -0.2) is 0 Å². The summed E-state index contributed by atoms with van der Waals surface area (Å²) in [5.74, 6) is 0. The molecule has 1 aromatic heterocycles. The minimum atomic E-state index is 0.908. The fraction of sp³-hybridized carbons (Fsp3) is 0.833. The van der Waals surface area contributed by atoms with Crippen molar-refractivity contribution in [2.75, 3.05) is 25.5 Å². The number of hydrogen-bond donors (Lipinski definition) is 1. The molecular weight excluding hydrogens is 232 g/mol. The van der Waals surface area contributed by atoms with Gasteiger partial charge in [0, 0.05) is 7.05 Å². The van der Waals surface area contributed by atoms with E-state index in [1.165, 1.54) is 38.8 Å². The standard InChI is InChI=1S/C12H24N4S/c1-4-6-8-16(9-7-5-2)10-11-14-15-12(13-3)17-11/h4-10H2,1-3H3,(H,13,15). The van der Waals surface area contributed by atoms with Gasteiger partial charge in [-0.15, -0.1) is 10.2 Å². The molecule has 0 saturated carbocycles. The van der Waals surface area contributed by atoms with Gasteiger partial charge in [-0.2, -0.15) is 0 Å². The Morgan fingerprint density at radius 1 is 1.12 bits per heavy atom. The van der Waals surface area contributed by atoms with Gasteiger partial charge >= 0.3 is 0 Å². The van der Waals surface area contributed by atoms with Gasteiger partial charge in [-0.1, -0.05) is 38.0 Å². The highest BCUT2D eigenvalue weighted by Gasteiger charge is 2.09. The Kier molecular flexibility index (Phi) is 7.12. The number of rotatable bonds is 9. The van der Waals surface area contributed by atoms with Gasteiger partial charge in [0.2, 0.25) is 5.13 Å². The summed E-state index contributed by atoms with van der Waals surface area (Å²) in [6.45, 7) is 7.76. The quantitative estimate of drug-likeness (QED) is 0.737. The van der Waals surface area contributed by atoms with E-state index < -0.39 is 0 Å².